The molecular weight excluding hydrogens is 202 g/mol. The third-order valence-electron chi connectivity index (χ3n) is 3.95. The fourth-order valence-corrected chi connectivity index (χ4v) is 2.58. The second kappa shape index (κ2) is 4.24. The Bertz CT molecular complexity index is 277. The quantitative estimate of drug-likeness (QED) is 0.679. The molecule has 0 aromatic rings. The maximum atomic E-state index is 11.8. The average Bonchev–Trinajstić information content (AvgIpc) is 2.78. The van der Waals surface area contributed by atoms with Crippen molar-refractivity contribution >= 4 is 6.03 Å². The van der Waals surface area contributed by atoms with Gasteiger partial charge in [0.1, 0.15) is 0 Å². The molecule has 3 atom stereocenters. The molecule has 2 fully saturated rings. The van der Waals surface area contributed by atoms with Gasteiger partial charge in [-0.05, 0) is 39.5 Å². The molecule has 2 amide bonds. The summed E-state index contributed by atoms with van der Waals surface area (Å²) >= 11 is 0. The van der Waals surface area contributed by atoms with Gasteiger partial charge in [-0.2, -0.15) is 0 Å². The predicted molar refractivity (Wildman–Crippen MR) is 64.4 cm³/mol. The van der Waals surface area contributed by atoms with E-state index in [9.17, 15) is 4.79 Å². The number of urea groups is 1. The summed E-state index contributed by atoms with van der Waals surface area (Å²) in [6, 6.07) is 1.44. The molecule has 0 aromatic carbocycles. The zero-order chi connectivity index (χ0) is 11.8. The Hall–Kier alpha value is -0.770. The van der Waals surface area contributed by atoms with Gasteiger partial charge in [0.15, 0.2) is 0 Å². The number of nitrogens with one attached hydrogen (secondary N) is 3. The van der Waals surface area contributed by atoms with Gasteiger partial charge in [0, 0.05) is 23.7 Å². The lowest BCUT2D eigenvalue weighted by molar-refractivity contribution is 0.222. The highest BCUT2D eigenvalue weighted by atomic mass is 16.2. The van der Waals surface area contributed by atoms with Gasteiger partial charge in [-0.1, -0.05) is 6.92 Å². The fraction of sp³-hybridized carbons (Fsp3) is 0.917. The fourth-order valence-electron chi connectivity index (χ4n) is 2.58. The first kappa shape index (κ1) is 11.7. The van der Waals surface area contributed by atoms with Crippen molar-refractivity contribution in [3.63, 3.8) is 0 Å². The Morgan fingerprint density at radius 1 is 1.44 bits per heavy atom. The third-order valence-corrected chi connectivity index (χ3v) is 3.95. The van der Waals surface area contributed by atoms with Gasteiger partial charge in [-0.25, -0.2) is 4.79 Å². The second-order valence-corrected chi connectivity index (χ2v) is 5.73. The number of fused-ring (bicyclic) bond motifs is 2. The molecule has 16 heavy (non-hydrogen) atoms. The van der Waals surface area contributed by atoms with Crippen molar-refractivity contribution in [2.75, 3.05) is 0 Å². The summed E-state index contributed by atoms with van der Waals surface area (Å²) in [4.78, 5) is 11.8. The van der Waals surface area contributed by atoms with Gasteiger partial charge in [0.25, 0.3) is 0 Å². The highest BCUT2D eigenvalue weighted by Crippen LogP contribution is 2.28. The minimum atomic E-state index is -0.116. The van der Waals surface area contributed by atoms with Crippen LogP contribution >= 0.6 is 0 Å². The van der Waals surface area contributed by atoms with Crippen LogP contribution in [0.2, 0.25) is 0 Å². The third kappa shape index (κ3) is 2.48. The molecular formula is C12H23N3O. The summed E-state index contributed by atoms with van der Waals surface area (Å²) in [6.45, 7) is 6.18. The Kier molecular flexibility index (Phi) is 3.10. The number of amides is 2. The van der Waals surface area contributed by atoms with Crippen LogP contribution in [-0.2, 0) is 0 Å². The molecule has 0 spiro atoms. The first-order chi connectivity index (χ1) is 7.50. The molecule has 3 N–H and O–H groups in total. The van der Waals surface area contributed by atoms with Crippen LogP contribution in [-0.4, -0.2) is 29.7 Å². The molecule has 0 saturated carbocycles. The van der Waals surface area contributed by atoms with Gasteiger partial charge in [0.05, 0.1) is 0 Å². The van der Waals surface area contributed by atoms with Crippen molar-refractivity contribution in [1.82, 2.24) is 16.0 Å². The molecule has 2 bridgehead atoms. The summed E-state index contributed by atoms with van der Waals surface area (Å²) in [7, 11) is 0. The minimum Gasteiger partial charge on any atom is -0.334 e. The maximum Gasteiger partial charge on any atom is 0.315 e. The van der Waals surface area contributed by atoms with Gasteiger partial charge in [-0.3, -0.25) is 0 Å². The lowest BCUT2D eigenvalue weighted by Gasteiger charge is -2.27. The molecule has 3 unspecified atom stereocenters. The normalized spacial score (nSPS) is 32.8. The summed E-state index contributed by atoms with van der Waals surface area (Å²) in [5, 5.41) is 9.62. The van der Waals surface area contributed by atoms with Gasteiger partial charge in [0.2, 0.25) is 0 Å². The average molecular weight is 225 g/mol. The summed E-state index contributed by atoms with van der Waals surface area (Å²) in [5.74, 6) is 0. The molecule has 2 saturated heterocycles. The van der Waals surface area contributed by atoms with E-state index in [1.54, 1.807) is 0 Å². The minimum absolute atomic E-state index is 0.0220. The van der Waals surface area contributed by atoms with E-state index >= 15 is 0 Å². The summed E-state index contributed by atoms with van der Waals surface area (Å²) in [5.41, 5.74) is -0.116. The van der Waals surface area contributed by atoms with E-state index in [0.29, 0.717) is 18.1 Å². The van der Waals surface area contributed by atoms with Gasteiger partial charge >= 0.3 is 6.03 Å². The molecule has 2 aliphatic heterocycles. The molecule has 0 radical (unpaired) electrons. The Labute approximate surface area is 97.6 Å². The van der Waals surface area contributed by atoms with Gasteiger partial charge < -0.3 is 16.0 Å². The van der Waals surface area contributed by atoms with E-state index in [1.165, 1.54) is 12.8 Å². The van der Waals surface area contributed by atoms with Crippen LogP contribution in [0.3, 0.4) is 0 Å². The van der Waals surface area contributed by atoms with Gasteiger partial charge in [-0.15, -0.1) is 0 Å². The number of rotatable bonds is 3. The molecule has 92 valence electrons. The molecule has 0 aromatic heterocycles. The zero-order valence-corrected chi connectivity index (χ0v) is 10.5. The van der Waals surface area contributed by atoms with E-state index in [2.05, 4.69) is 22.9 Å². The second-order valence-electron chi connectivity index (χ2n) is 5.73. The Morgan fingerprint density at radius 3 is 2.69 bits per heavy atom. The highest BCUT2D eigenvalue weighted by Gasteiger charge is 2.39. The highest BCUT2D eigenvalue weighted by molar-refractivity contribution is 5.75. The number of hydrogen-bond acceptors (Lipinski definition) is 2. The van der Waals surface area contributed by atoms with Crippen molar-refractivity contribution in [2.45, 2.75) is 70.1 Å². The van der Waals surface area contributed by atoms with Crippen LogP contribution in [0.25, 0.3) is 0 Å². The molecule has 2 rings (SSSR count). The van der Waals surface area contributed by atoms with Crippen molar-refractivity contribution in [2.24, 2.45) is 0 Å². The monoisotopic (exact) mass is 225 g/mol. The number of hydrogen-bond donors (Lipinski definition) is 3. The van der Waals surface area contributed by atoms with E-state index < -0.39 is 0 Å². The predicted octanol–water partition coefficient (Wildman–Crippen LogP) is 1.37. The van der Waals surface area contributed by atoms with Crippen molar-refractivity contribution in [1.29, 1.82) is 0 Å². The van der Waals surface area contributed by atoms with Crippen LogP contribution in [0.15, 0.2) is 0 Å². The van der Waals surface area contributed by atoms with Crippen LogP contribution < -0.4 is 16.0 Å². The van der Waals surface area contributed by atoms with Crippen LogP contribution in [0.1, 0.15) is 46.5 Å². The standard InChI is InChI=1S/C12H23N3O/c1-4-12(2,3)15-11(16)14-10-7-8-5-6-9(10)13-8/h8-10,13H,4-7H2,1-3H3,(H2,14,15,16). The topological polar surface area (TPSA) is 53.2 Å². The Morgan fingerprint density at radius 2 is 2.19 bits per heavy atom. The molecule has 0 aliphatic carbocycles. The van der Waals surface area contributed by atoms with E-state index in [-0.39, 0.29) is 11.6 Å². The molecule has 4 heteroatoms. The van der Waals surface area contributed by atoms with E-state index in [1.807, 2.05) is 13.8 Å². The van der Waals surface area contributed by atoms with Crippen molar-refractivity contribution in [3.8, 4) is 0 Å². The summed E-state index contributed by atoms with van der Waals surface area (Å²) < 4.78 is 0. The van der Waals surface area contributed by atoms with E-state index in [4.69, 9.17) is 0 Å². The zero-order valence-electron chi connectivity index (χ0n) is 10.5. The smallest absolute Gasteiger partial charge is 0.315 e. The first-order valence-corrected chi connectivity index (χ1v) is 6.35. The number of carbonyl (C=O) groups excluding carboxylic acids is 1. The summed E-state index contributed by atoms with van der Waals surface area (Å²) in [6.07, 6.45) is 4.50. The van der Waals surface area contributed by atoms with Crippen LogP contribution in [0, 0.1) is 0 Å². The molecule has 4 nitrogen and oxygen atoms in total. The SMILES string of the molecule is CCC(C)(C)NC(=O)NC1CC2CCC1N2. The first-order valence-electron chi connectivity index (χ1n) is 6.35. The van der Waals surface area contributed by atoms with Crippen molar-refractivity contribution in [3.05, 3.63) is 0 Å². The lowest BCUT2D eigenvalue weighted by atomic mass is 9.95. The Balaban J connectivity index is 1.80. The molecule has 2 heterocycles. The van der Waals surface area contributed by atoms with Crippen LogP contribution in [0.4, 0.5) is 4.79 Å². The maximum absolute atomic E-state index is 11.8. The largest absolute Gasteiger partial charge is 0.334 e. The van der Waals surface area contributed by atoms with Crippen LogP contribution in [0.5, 0.6) is 0 Å². The lowest BCUT2D eigenvalue weighted by Crippen LogP contribution is -2.53. The molecule has 2 aliphatic rings. The van der Waals surface area contributed by atoms with Crippen molar-refractivity contribution < 1.29 is 4.79 Å². The van der Waals surface area contributed by atoms with E-state index in [0.717, 1.165) is 12.8 Å². The number of carbonyl (C=O) groups is 1.